The lowest BCUT2D eigenvalue weighted by atomic mass is 9.95. The molecular weight excluding hydrogens is 282 g/mol. The molecule has 2 N–H and O–H groups in total. The van der Waals surface area contributed by atoms with Crippen LogP contribution in [0.15, 0.2) is 42.5 Å². The van der Waals surface area contributed by atoms with Crippen molar-refractivity contribution in [2.45, 2.75) is 6.92 Å². The minimum absolute atomic E-state index is 0.0487. The van der Waals surface area contributed by atoms with Gasteiger partial charge in [0.25, 0.3) is 0 Å². The van der Waals surface area contributed by atoms with E-state index < -0.39 is 0 Å². The van der Waals surface area contributed by atoms with Gasteiger partial charge in [-0.1, -0.05) is 48.1 Å². The Bertz CT molecular complexity index is 874. The number of pyridine rings is 1. The van der Waals surface area contributed by atoms with Crippen molar-refractivity contribution in [1.29, 1.82) is 0 Å². The minimum Gasteiger partial charge on any atom is -0.506 e. The Labute approximate surface area is 126 Å². The van der Waals surface area contributed by atoms with Crippen molar-refractivity contribution in [2.24, 2.45) is 0 Å². The van der Waals surface area contributed by atoms with E-state index in [9.17, 15) is 9.90 Å². The molecule has 2 aliphatic carbocycles. The average molecular weight is 295 g/mol. The molecule has 1 aromatic carbocycles. The van der Waals surface area contributed by atoms with Crippen LogP contribution in [0, 0.1) is 11.6 Å². The Morgan fingerprint density at radius 1 is 1.10 bits per heavy atom. The highest BCUT2D eigenvalue weighted by atomic mass is 32.1. The van der Waals surface area contributed by atoms with E-state index in [1.807, 2.05) is 25.1 Å². The number of aromatic amines is 1. The van der Waals surface area contributed by atoms with Gasteiger partial charge in [-0.2, -0.15) is 0 Å². The zero-order chi connectivity index (χ0) is 15.0. The molecule has 104 valence electrons. The average Bonchev–Trinajstić information content (AvgIpc) is 2.45. The number of aromatic nitrogens is 1. The number of rotatable bonds is 1. The van der Waals surface area contributed by atoms with Crippen molar-refractivity contribution in [3.05, 3.63) is 58.2 Å². The fourth-order valence-corrected chi connectivity index (χ4v) is 2.43. The second-order valence-corrected chi connectivity index (χ2v) is 5.37. The van der Waals surface area contributed by atoms with E-state index >= 15 is 0 Å². The van der Waals surface area contributed by atoms with Gasteiger partial charge in [0, 0.05) is 5.39 Å². The summed E-state index contributed by atoms with van der Waals surface area (Å²) in [6.07, 6.45) is 0.565. The van der Waals surface area contributed by atoms with Crippen LogP contribution in [-0.2, 0) is 0 Å². The lowest BCUT2D eigenvalue weighted by molar-refractivity contribution is 0.112. The molecule has 0 aliphatic heterocycles. The van der Waals surface area contributed by atoms with Crippen molar-refractivity contribution in [3.8, 4) is 16.9 Å². The predicted molar refractivity (Wildman–Crippen MR) is 86.4 cm³/mol. The van der Waals surface area contributed by atoms with Gasteiger partial charge in [0.2, 0.25) is 0 Å². The first-order chi connectivity index (χ1) is 10.1. The number of hydrogen-bond acceptors (Lipinski definition) is 3. The number of aromatic hydroxyl groups is 1. The van der Waals surface area contributed by atoms with Gasteiger partial charge in [-0.05, 0) is 30.2 Å². The molecule has 0 radical (unpaired) electrons. The molecule has 0 unspecified atom stereocenters. The minimum atomic E-state index is -0.0487. The van der Waals surface area contributed by atoms with E-state index in [1.165, 1.54) is 11.1 Å². The number of aryl methyl sites for hydroxylation is 1. The van der Waals surface area contributed by atoms with Gasteiger partial charge in [0.15, 0.2) is 6.29 Å². The van der Waals surface area contributed by atoms with Crippen LogP contribution in [0.25, 0.3) is 22.0 Å². The molecule has 0 amide bonds. The number of fused-ring (bicyclic) bond motifs is 2. The second-order valence-electron chi connectivity index (χ2n) is 4.96. The topological polar surface area (TPSA) is 53.1 Å². The SMILES string of the molecule is Cc1ccc2[nH]c(=S)c(C=O)c(O)c2c1.c1cc2ccc1-2. The summed E-state index contributed by atoms with van der Waals surface area (Å²) in [5.74, 6) is -0.0487. The van der Waals surface area contributed by atoms with Gasteiger partial charge in [-0.3, -0.25) is 4.79 Å². The number of carbonyl (C=O) groups is 1. The summed E-state index contributed by atoms with van der Waals surface area (Å²) in [4.78, 5) is 13.6. The molecule has 1 heterocycles. The van der Waals surface area contributed by atoms with Crippen LogP contribution in [0.2, 0.25) is 0 Å². The summed E-state index contributed by atoms with van der Waals surface area (Å²) in [6.45, 7) is 1.92. The van der Waals surface area contributed by atoms with Crippen molar-refractivity contribution in [3.63, 3.8) is 0 Å². The van der Waals surface area contributed by atoms with E-state index in [0.717, 1.165) is 11.1 Å². The second kappa shape index (κ2) is 5.14. The van der Waals surface area contributed by atoms with Crippen LogP contribution in [0.4, 0.5) is 0 Å². The molecule has 0 saturated carbocycles. The lowest BCUT2D eigenvalue weighted by Crippen LogP contribution is -1.90. The molecular formula is C17H13NO2S. The summed E-state index contributed by atoms with van der Waals surface area (Å²) >= 11 is 4.95. The Balaban J connectivity index is 0.000000180. The standard InChI is InChI=1S/C11H9NO2S.C6H4/c1-6-2-3-9-7(4-6)10(14)8(5-13)11(15)12-9;1-2-6-4-3-5(1)6/h2-5H,1H3,(H2,12,14,15);1-4H. The zero-order valence-electron chi connectivity index (χ0n) is 11.4. The van der Waals surface area contributed by atoms with Crippen molar-refractivity contribution in [2.75, 3.05) is 0 Å². The van der Waals surface area contributed by atoms with Crippen LogP contribution in [-0.4, -0.2) is 16.4 Å². The van der Waals surface area contributed by atoms with Crippen LogP contribution in [0.5, 0.6) is 5.75 Å². The number of aldehydes is 1. The molecule has 0 spiro atoms. The highest BCUT2D eigenvalue weighted by Crippen LogP contribution is 2.29. The Hall–Kier alpha value is -2.46. The maximum atomic E-state index is 10.7. The fourth-order valence-electron chi connectivity index (χ4n) is 2.18. The van der Waals surface area contributed by atoms with Gasteiger partial charge in [-0.15, -0.1) is 0 Å². The number of nitrogens with one attached hydrogen (secondary N) is 1. The van der Waals surface area contributed by atoms with Gasteiger partial charge < -0.3 is 10.1 Å². The summed E-state index contributed by atoms with van der Waals surface area (Å²) < 4.78 is 0.263. The summed E-state index contributed by atoms with van der Waals surface area (Å²) in [7, 11) is 0. The highest BCUT2D eigenvalue weighted by Gasteiger charge is 2.08. The van der Waals surface area contributed by atoms with E-state index in [2.05, 4.69) is 29.2 Å². The first kappa shape index (κ1) is 13.5. The molecule has 21 heavy (non-hydrogen) atoms. The number of benzene rings is 2. The van der Waals surface area contributed by atoms with Crippen molar-refractivity contribution in [1.82, 2.24) is 4.98 Å². The number of H-pyrrole nitrogens is 1. The maximum Gasteiger partial charge on any atom is 0.156 e. The van der Waals surface area contributed by atoms with E-state index in [1.54, 1.807) is 0 Å². The van der Waals surface area contributed by atoms with Gasteiger partial charge >= 0.3 is 0 Å². The van der Waals surface area contributed by atoms with Gasteiger partial charge in [-0.25, -0.2) is 0 Å². The molecule has 0 bridgehead atoms. The van der Waals surface area contributed by atoms with E-state index in [0.29, 0.717) is 11.7 Å². The molecule has 0 atom stereocenters. The van der Waals surface area contributed by atoms with Crippen LogP contribution in [0.3, 0.4) is 0 Å². The zero-order valence-corrected chi connectivity index (χ0v) is 12.2. The third-order valence-corrected chi connectivity index (χ3v) is 3.84. The molecule has 4 rings (SSSR count). The third kappa shape index (κ3) is 2.34. The number of hydrogen-bond donors (Lipinski definition) is 2. The monoisotopic (exact) mass is 295 g/mol. The van der Waals surface area contributed by atoms with E-state index in [4.69, 9.17) is 12.2 Å². The molecule has 4 heteroatoms. The molecule has 2 aromatic rings. The largest absolute Gasteiger partial charge is 0.506 e. The quantitative estimate of drug-likeness (QED) is 0.404. The normalized spacial score (nSPS) is 10.7. The third-order valence-electron chi connectivity index (χ3n) is 3.51. The molecule has 1 aromatic heterocycles. The summed E-state index contributed by atoms with van der Waals surface area (Å²) in [5.41, 5.74) is 4.74. The Kier molecular flexibility index (Phi) is 3.31. The van der Waals surface area contributed by atoms with Crippen molar-refractivity contribution < 1.29 is 9.90 Å². The summed E-state index contributed by atoms with van der Waals surface area (Å²) in [6, 6.07) is 14.0. The number of carbonyl (C=O) groups excluding carboxylic acids is 1. The molecule has 3 nitrogen and oxygen atoms in total. The smallest absolute Gasteiger partial charge is 0.156 e. The highest BCUT2D eigenvalue weighted by molar-refractivity contribution is 7.71. The molecule has 0 fully saturated rings. The predicted octanol–water partition coefficient (Wildman–Crippen LogP) is 4.39. The molecule has 0 saturated heterocycles. The van der Waals surface area contributed by atoms with Crippen LogP contribution < -0.4 is 0 Å². The van der Waals surface area contributed by atoms with Crippen LogP contribution in [0.1, 0.15) is 15.9 Å². The van der Waals surface area contributed by atoms with Crippen molar-refractivity contribution >= 4 is 29.4 Å². The molecule has 2 aliphatic rings. The Morgan fingerprint density at radius 3 is 2.19 bits per heavy atom. The lowest BCUT2D eigenvalue weighted by Gasteiger charge is -2.10. The fraction of sp³-hybridized carbons (Fsp3) is 0.0588. The first-order valence-corrected chi connectivity index (χ1v) is 6.92. The van der Waals surface area contributed by atoms with E-state index in [-0.39, 0.29) is 16.0 Å². The Morgan fingerprint density at radius 2 is 1.71 bits per heavy atom. The summed E-state index contributed by atoms with van der Waals surface area (Å²) in [5, 5.41) is 10.5. The van der Waals surface area contributed by atoms with Crippen LogP contribution >= 0.6 is 12.2 Å². The van der Waals surface area contributed by atoms with Gasteiger partial charge in [0.1, 0.15) is 10.4 Å². The van der Waals surface area contributed by atoms with Gasteiger partial charge in [0.05, 0.1) is 11.1 Å². The maximum absolute atomic E-state index is 10.7. The first-order valence-electron chi connectivity index (χ1n) is 6.51.